The largest absolute Gasteiger partial charge is 0.323 e. The summed E-state index contributed by atoms with van der Waals surface area (Å²) in [6.07, 6.45) is 1.21. The second-order valence-electron chi connectivity index (χ2n) is 6.16. The summed E-state index contributed by atoms with van der Waals surface area (Å²) in [4.78, 5) is 4.73. The SMILES string of the molecule is Cc1ccc2c(c1)nc(C(C)Cl)n2C1CC1(C)C. The van der Waals surface area contributed by atoms with Crippen molar-refractivity contribution >= 4 is 22.6 Å². The molecule has 0 aliphatic heterocycles. The predicted molar refractivity (Wildman–Crippen MR) is 76.2 cm³/mol. The van der Waals surface area contributed by atoms with Gasteiger partial charge in [0.05, 0.1) is 16.4 Å². The first-order valence-electron chi connectivity index (χ1n) is 6.53. The number of halogens is 1. The van der Waals surface area contributed by atoms with Crippen LogP contribution in [0.25, 0.3) is 11.0 Å². The van der Waals surface area contributed by atoms with Crippen molar-refractivity contribution in [2.75, 3.05) is 0 Å². The summed E-state index contributed by atoms with van der Waals surface area (Å²) >= 11 is 6.30. The maximum atomic E-state index is 6.30. The molecule has 2 unspecified atom stereocenters. The van der Waals surface area contributed by atoms with Crippen molar-refractivity contribution in [2.24, 2.45) is 5.41 Å². The number of benzene rings is 1. The molecule has 1 saturated carbocycles. The molecule has 0 N–H and O–H groups in total. The zero-order chi connectivity index (χ0) is 13.1. The Morgan fingerprint density at radius 1 is 1.44 bits per heavy atom. The molecule has 2 atom stereocenters. The summed E-state index contributed by atoms with van der Waals surface area (Å²) in [5.41, 5.74) is 3.91. The van der Waals surface area contributed by atoms with Crippen molar-refractivity contribution < 1.29 is 0 Å². The lowest BCUT2D eigenvalue weighted by atomic mass is 10.2. The topological polar surface area (TPSA) is 17.8 Å². The number of aromatic nitrogens is 2. The lowest BCUT2D eigenvalue weighted by Crippen LogP contribution is -2.06. The maximum absolute atomic E-state index is 6.30. The second kappa shape index (κ2) is 3.74. The third-order valence-electron chi connectivity index (χ3n) is 4.00. The zero-order valence-corrected chi connectivity index (χ0v) is 12.1. The van der Waals surface area contributed by atoms with Gasteiger partial charge in [-0.25, -0.2) is 4.98 Å². The van der Waals surface area contributed by atoms with Crippen molar-refractivity contribution in [3.63, 3.8) is 0 Å². The summed E-state index contributed by atoms with van der Waals surface area (Å²) < 4.78 is 2.35. The smallest absolute Gasteiger partial charge is 0.127 e. The molecular weight excluding hydrogens is 244 g/mol. The third-order valence-corrected chi connectivity index (χ3v) is 4.20. The Balaban J connectivity index is 2.23. The highest BCUT2D eigenvalue weighted by molar-refractivity contribution is 6.20. The average Bonchev–Trinajstić information content (AvgIpc) is 2.74. The monoisotopic (exact) mass is 262 g/mol. The second-order valence-corrected chi connectivity index (χ2v) is 6.81. The van der Waals surface area contributed by atoms with Gasteiger partial charge < -0.3 is 4.57 Å². The number of hydrogen-bond acceptors (Lipinski definition) is 1. The number of alkyl halides is 1. The normalized spacial score (nSPS) is 23.3. The zero-order valence-electron chi connectivity index (χ0n) is 11.4. The fourth-order valence-corrected chi connectivity index (χ4v) is 2.87. The van der Waals surface area contributed by atoms with Crippen LogP contribution in [0.1, 0.15) is 50.0 Å². The van der Waals surface area contributed by atoms with Gasteiger partial charge >= 0.3 is 0 Å². The Hall–Kier alpha value is -1.02. The van der Waals surface area contributed by atoms with E-state index in [2.05, 4.69) is 43.5 Å². The molecule has 2 nitrogen and oxygen atoms in total. The highest BCUT2D eigenvalue weighted by atomic mass is 35.5. The summed E-state index contributed by atoms with van der Waals surface area (Å²) in [7, 11) is 0. The molecule has 0 saturated heterocycles. The molecule has 18 heavy (non-hydrogen) atoms. The molecule has 1 aromatic carbocycles. The minimum Gasteiger partial charge on any atom is -0.323 e. The van der Waals surface area contributed by atoms with E-state index in [0.717, 1.165) is 11.3 Å². The average molecular weight is 263 g/mol. The number of nitrogens with zero attached hydrogens (tertiary/aromatic N) is 2. The van der Waals surface area contributed by atoms with Gasteiger partial charge in [-0.1, -0.05) is 19.9 Å². The number of rotatable bonds is 2. The van der Waals surface area contributed by atoms with Crippen LogP contribution < -0.4 is 0 Å². The standard InChI is InChI=1S/C15H19ClN2/c1-9-5-6-12-11(7-9)17-14(10(2)16)18(12)13-8-15(13,3)4/h5-7,10,13H,8H2,1-4H3. The van der Waals surface area contributed by atoms with Gasteiger partial charge in [-0.05, 0) is 43.4 Å². The van der Waals surface area contributed by atoms with Crippen molar-refractivity contribution in [3.8, 4) is 0 Å². The molecule has 0 amide bonds. The molecule has 1 aliphatic carbocycles. The van der Waals surface area contributed by atoms with Gasteiger partial charge in [0, 0.05) is 6.04 Å². The van der Waals surface area contributed by atoms with Crippen molar-refractivity contribution in [3.05, 3.63) is 29.6 Å². The highest BCUT2D eigenvalue weighted by Gasteiger charge is 2.48. The van der Waals surface area contributed by atoms with E-state index in [1.54, 1.807) is 0 Å². The molecular formula is C15H19ClN2. The summed E-state index contributed by atoms with van der Waals surface area (Å²) in [6, 6.07) is 7.01. The minimum atomic E-state index is -0.0471. The molecule has 3 rings (SSSR count). The lowest BCUT2D eigenvalue weighted by Gasteiger charge is -2.12. The van der Waals surface area contributed by atoms with E-state index in [-0.39, 0.29) is 5.38 Å². The molecule has 1 fully saturated rings. The lowest BCUT2D eigenvalue weighted by molar-refractivity contribution is 0.535. The molecule has 96 valence electrons. The molecule has 2 aromatic rings. The van der Waals surface area contributed by atoms with Gasteiger partial charge in [0.25, 0.3) is 0 Å². The van der Waals surface area contributed by atoms with E-state index < -0.39 is 0 Å². The Morgan fingerprint density at radius 3 is 2.67 bits per heavy atom. The minimum absolute atomic E-state index is 0.0471. The quantitative estimate of drug-likeness (QED) is 0.723. The number of fused-ring (bicyclic) bond motifs is 1. The van der Waals surface area contributed by atoms with Crippen molar-refractivity contribution in [1.29, 1.82) is 0 Å². The van der Waals surface area contributed by atoms with Crippen LogP contribution in [0, 0.1) is 12.3 Å². The van der Waals surface area contributed by atoms with Crippen molar-refractivity contribution in [2.45, 2.75) is 45.5 Å². The van der Waals surface area contributed by atoms with Crippen LogP contribution >= 0.6 is 11.6 Å². The van der Waals surface area contributed by atoms with Gasteiger partial charge in [0.15, 0.2) is 0 Å². The van der Waals surface area contributed by atoms with Gasteiger partial charge in [0.1, 0.15) is 5.82 Å². The van der Waals surface area contributed by atoms with Crippen LogP contribution in [0.3, 0.4) is 0 Å². The molecule has 1 heterocycles. The van der Waals surface area contributed by atoms with E-state index in [0.29, 0.717) is 11.5 Å². The van der Waals surface area contributed by atoms with E-state index in [4.69, 9.17) is 16.6 Å². The number of aryl methyl sites for hydroxylation is 1. The van der Waals surface area contributed by atoms with E-state index in [9.17, 15) is 0 Å². The predicted octanol–water partition coefficient (Wildman–Crippen LogP) is 4.62. The Bertz CT molecular complexity index is 610. The highest BCUT2D eigenvalue weighted by Crippen LogP contribution is 2.57. The molecule has 3 heteroatoms. The van der Waals surface area contributed by atoms with Crippen LogP contribution in [0.2, 0.25) is 0 Å². The van der Waals surface area contributed by atoms with Gasteiger partial charge in [-0.3, -0.25) is 0 Å². The number of hydrogen-bond donors (Lipinski definition) is 0. The van der Waals surface area contributed by atoms with Crippen LogP contribution in [0.4, 0.5) is 0 Å². The van der Waals surface area contributed by atoms with Crippen LogP contribution in [-0.2, 0) is 0 Å². The number of imidazole rings is 1. The molecule has 0 spiro atoms. The summed E-state index contributed by atoms with van der Waals surface area (Å²) in [6.45, 7) is 8.71. The molecule has 0 radical (unpaired) electrons. The summed E-state index contributed by atoms with van der Waals surface area (Å²) in [5.74, 6) is 1.01. The first-order valence-corrected chi connectivity index (χ1v) is 6.96. The Morgan fingerprint density at radius 2 is 2.11 bits per heavy atom. The Labute approximate surface area is 113 Å². The maximum Gasteiger partial charge on any atom is 0.127 e. The molecule has 1 aliphatic rings. The van der Waals surface area contributed by atoms with E-state index in [1.807, 2.05) is 6.92 Å². The third kappa shape index (κ3) is 1.74. The first kappa shape index (κ1) is 12.0. The first-order chi connectivity index (χ1) is 8.40. The van der Waals surface area contributed by atoms with Gasteiger partial charge in [0.2, 0.25) is 0 Å². The summed E-state index contributed by atoms with van der Waals surface area (Å²) in [5, 5.41) is -0.0471. The fraction of sp³-hybridized carbons (Fsp3) is 0.533. The van der Waals surface area contributed by atoms with Crippen LogP contribution in [-0.4, -0.2) is 9.55 Å². The van der Waals surface area contributed by atoms with Crippen molar-refractivity contribution in [1.82, 2.24) is 9.55 Å². The molecule has 1 aromatic heterocycles. The van der Waals surface area contributed by atoms with E-state index >= 15 is 0 Å². The van der Waals surface area contributed by atoms with Crippen LogP contribution in [0.15, 0.2) is 18.2 Å². The molecule has 0 bridgehead atoms. The van der Waals surface area contributed by atoms with Gasteiger partial charge in [-0.2, -0.15) is 0 Å². The fourth-order valence-electron chi connectivity index (χ4n) is 2.72. The van der Waals surface area contributed by atoms with E-state index in [1.165, 1.54) is 17.5 Å². The Kier molecular flexibility index (Phi) is 2.50. The van der Waals surface area contributed by atoms with Crippen LogP contribution in [0.5, 0.6) is 0 Å². The van der Waals surface area contributed by atoms with Gasteiger partial charge in [-0.15, -0.1) is 11.6 Å².